The number of hydrogen-bond acceptors (Lipinski definition) is 14. The Labute approximate surface area is 284 Å². The molecule has 2 aliphatic rings. The molecule has 0 aliphatic carbocycles. The number of nitrogens with zero attached hydrogens (tertiary/aromatic N) is 4. The Kier molecular flexibility index (Phi) is 17.8. The van der Waals surface area contributed by atoms with Crippen molar-refractivity contribution >= 4 is 45.0 Å². The number of hydrogen-bond donors (Lipinski definition) is 6. The number of thioether (sulfide) groups is 1. The van der Waals surface area contributed by atoms with Crippen LogP contribution in [0.5, 0.6) is 0 Å². The molecular weight excluding hydrogens is 696 g/mol. The molecule has 3 amide bonds. The van der Waals surface area contributed by atoms with E-state index in [1.165, 1.54) is 11.8 Å². The van der Waals surface area contributed by atoms with Crippen LogP contribution in [0.3, 0.4) is 0 Å². The van der Waals surface area contributed by atoms with Gasteiger partial charge in [-0.05, 0) is 12.7 Å². The standard InChI is InChI=1S/C27H47N5O13P2S/c1-48-20-16-22(34)32(26(20)38)6-2-21(33)28-5-9-41-11-13-43-14-12-42-10-7-31-17-18(29-30-31)3-8-44-27-25(37)24(36)23(35)19(45-27)4-15-47(39,40)46/h17,19-20,23-25,27,35-37,39-40,46H,2-16H2,1H3,(H,28,33)/t19-,20?,23-,24+,25+,27+/m1/s1. The summed E-state index contributed by atoms with van der Waals surface area (Å²) in [6.45, 7) is 3.03. The monoisotopic (exact) mass is 743 g/mol. The first-order chi connectivity index (χ1) is 22.9. The minimum absolute atomic E-state index is 0.0336. The number of aliphatic hydroxyl groups is 3. The lowest BCUT2D eigenvalue weighted by atomic mass is 9.97. The first-order valence-electron chi connectivity index (χ1n) is 15.6. The highest BCUT2D eigenvalue weighted by Crippen LogP contribution is 2.43. The van der Waals surface area contributed by atoms with Gasteiger partial charge in [0.1, 0.15) is 25.3 Å². The van der Waals surface area contributed by atoms with Gasteiger partial charge < -0.3 is 54.1 Å². The number of carbonyl (C=O) groups is 3. The van der Waals surface area contributed by atoms with Crippen molar-refractivity contribution in [2.75, 3.05) is 71.8 Å². The lowest BCUT2D eigenvalue weighted by Gasteiger charge is -2.40. The Hall–Kier alpha value is -1.57. The first-order valence-corrected chi connectivity index (χ1v) is 20.1. The van der Waals surface area contributed by atoms with Crippen LogP contribution in [0, 0.1) is 0 Å². The summed E-state index contributed by atoms with van der Waals surface area (Å²) in [5, 5.41) is 41.0. The normalized spacial score (nSPS) is 24.8. The van der Waals surface area contributed by atoms with Crippen molar-refractivity contribution in [1.82, 2.24) is 25.2 Å². The molecule has 21 heteroatoms. The molecular formula is C27H47N5O13P2S. The van der Waals surface area contributed by atoms with E-state index >= 15 is 0 Å². The topological polar surface area (TPSA) is 244 Å². The van der Waals surface area contributed by atoms with Crippen molar-refractivity contribution in [2.24, 2.45) is 0 Å². The van der Waals surface area contributed by atoms with Gasteiger partial charge in [0.15, 0.2) is 6.29 Å². The van der Waals surface area contributed by atoms with Crippen molar-refractivity contribution in [2.45, 2.75) is 68.2 Å². The average Bonchev–Trinajstić information content (AvgIpc) is 3.61. The molecule has 0 bridgehead atoms. The van der Waals surface area contributed by atoms with E-state index in [1.807, 2.05) is 0 Å². The first kappa shape index (κ1) is 40.9. The van der Waals surface area contributed by atoms with E-state index < -0.39 is 37.7 Å². The molecule has 1 aromatic heterocycles. The van der Waals surface area contributed by atoms with Crippen LogP contribution in [0.2, 0.25) is 0 Å². The zero-order valence-electron chi connectivity index (χ0n) is 26.8. The van der Waals surface area contributed by atoms with E-state index in [4.69, 9.17) is 23.7 Å². The van der Waals surface area contributed by atoms with E-state index in [1.54, 1.807) is 17.1 Å². The summed E-state index contributed by atoms with van der Waals surface area (Å²) in [6, 6.07) is 0. The summed E-state index contributed by atoms with van der Waals surface area (Å²) in [5.41, 5.74) is 0.619. The van der Waals surface area contributed by atoms with Crippen LogP contribution in [-0.4, -0.2) is 170 Å². The maximum atomic E-state index is 12.1. The average molecular weight is 744 g/mol. The number of rotatable bonds is 23. The van der Waals surface area contributed by atoms with Crippen LogP contribution in [0.15, 0.2) is 6.20 Å². The maximum Gasteiger partial charge on any atom is 0.242 e. The second-order valence-corrected chi connectivity index (χ2v) is 16.2. The molecule has 48 heavy (non-hydrogen) atoms. The molecule has 6 atom stereocenters. The van der Waals surface area contributed by atoms with Gasteiger partial charge in [0.2, 0.25) is 17.7 Å². The van der Waals surface area contributed by atoms with E-state index in [0.717, 1.165) is 4.90 Å². The molecule has 2 aliphatic heterocycles. The van der Waals surface area contributed by atoms with Gasteiger partial charge in [-0.1, -0.05) is 13.7 Å². The van der Waals surface area contributed by atoms with Crippen LogP contribution in [-0.2, 0) is 51.0 Å². The lowest BCUT2D eigenvalue weighted by Crippen LogP contribution is -2.58. The highest BCUT2D eigenvalue weighted by Gasteiger charge is 2.44. The van der Waals surface area contributed by atoms with Crippen LogP contribution in [0.4, 0.5) is 0 Å². The Bertz CT molecular complexity index is 1210. The van der Waals surface area contributed by atoms with Crippen molar-refractivity contribution in [3.05, 3.63) is 11.9 Å². The van der Waals surface area contributed by atoms with Crippen molar-refractivity contribution in [3.8, 4) is 0 Å². The third kappa shape index (κ3) is 14.0. The second-order valence-electron chi connectivity index (χ2n) is 11.1. The summed E-state index contributed by atoms with van der Waals surface area (Å²) in [5.74, 6) is -0.732. The summed E-state index contributed by atoms with van der Waals surface area (Å²) < 4.78 is 29.2. The van der Waals surface area contributed by atoms with Gasteiger partial charge in [-0.2, -0.15) is 11.8 Å². The SMILES string of the molecule is CSC1CC(=O)N(CCC(=O)NCCOCCOCCOCCn2cc(CCO[C@H]3O[C@H](CCP(O)(O)=P)[C@@H](O)[C@H](O)[C@@H]3O)nn2)C1=O. The Morgan fingerprint density at radius 1 is 1.04 bits per heavy atom. The molecule has 2 fully saturated rings. The minimum atomic E-state index is -3.29. The number of carbonyl (C=O) groups excluding carboxylic acids is 3. The highest BCUT2D eigenvalue weighted by atomic mass is 32.2. The lowest BCUT2D eigenvalue weighted by molar-refractivity contribution is -0.296. The number of aliphatic hydroxyl groups excluding tert-OH is 3. The molecule has 3 heterocycles. The van der Waals surface area contributed by atoms with Crippen molar-refractivity contribution in [3.63, 3.8) is 0 Å². The van der Waals surface area contributed by atoms with Gasteiger partial charge in [0, 0.05) is 44.7 Å². The molecule has 6 N–H and O–H groups in total. The molecule has 1 aromatic rings. The summed E-state index contributed by atoms with van der Waals surface area (Å²) in [6.07, 6.45) is -2.56. The van der Waals surface area contributed by atoms with Crippen LogP contribution >= 0.6 is 27.3 Å². The molecule has 274 valence electrons. The summed E-state index contributed by atoms with van der Waals surface area (Å²) in [4.78, 5) is 56.2. The fourth-order valence-corrected chi connectivity index (χ4v) is 6.42. The third-order valence-electron chi connectivity index (χ3n) is 7.45. The molecule has 2 saturated heterocycles. The van der Waals surface area contributed by atoms with Crippen LogP contribution in [0.1, 0.15) is 25.0 Å². The van der Waals surface area contributed by atoms with Gasteiger partial charge in [-0.15, -0.1) is 5.10 Å². The van der Waals surface area contributed by atoms with E-state index in [0.29, 0.717) is 64.8 Å². The van der Waals surface area contributed by atoms with Gasteiger partial charge in [0.05, 0.1) is 69.8 Å². The largest absolute Gasteiger partial charge is 0.388 e. The van der Waals surface area contributed by atoms with Gasteiger partial charge >= 0.3 is 0 Å². The van der Waals surface area contributed by atoms with Crippen molar-refractivity contribution < 1.29 is 63.2 Å². The number of nitrogens with one attached hydrogen (secondary N) is 1. The molecule has 0 saturated carbocycles. The second kappa shape index (κ2) is 20.9. The summed E-state index contributed by atoms with van der Waals surface area (Å²) in [7, 11) is -0.448. The van der Waals surface area contributed by atoms with Gasteiger partial charge in [0.25, 0.3) is 0 Å². The molecule has 18 nitrogen and oxygen atoms in total. The van der Waals surface area contributed by atoms with E-state index in [9.17, 15) is 39.5 Å². The number of ether oxygens (including phenoxy) is 5. The molecule has 0 radical (unpaired) electrons. The summed E-state index contributed by atoms with van der Waals surface area (Å²) >= 11 is 1.34. The van der Waals surface area contributed by atoms with Crippen LogP contribution in [0.25, 0.3) is 0 Å². The Morgan fingerprint density at radius 2 is 1.73 bits per heavy atom. The highest BCUT2D eigenvalue weighted by molar-refractivity contribution is 8.00. The molecule has 0 aromatic carbocycles. The number of aromatic nitrogens is 3. The number of imide groups is 1. The van der Waals surface area contributed by atoms with E-state index in [2.05, 4.69) is 24.2 Å². The van der Waals surface area contributed by atoms with Crippen LogP contribution < -0.4 is 5.32 Å². The maximum absolute atomic E-state index is 12.1. The smallest absolute Gasteiger partial charge is 0.242 e. The quantitative estimate of drug-likeness (QED) is 0.0402. The minimum Gasteiger partial charge on any atom is -0.388 e. The Morgan fingerprint density at radius 3 is 2.40 bits per heavy atom. The fourth-order valence-electron chi connectivity index (χ4n) is 4.78. The predicted octanol–water partition coefficient (Wildman–Crippen LogP) is -2.03. The number of amides is 3. The fraction of sp³-hybridized carbons (Fsp3) is 0.815. The number of likely N-dealkylation sites (tertiary alicyclic amines) is 1. The van der Waals surface area contributed by atoms with Crippen molar-refractivity contribution in [1.29, 1.82) is 0 Å². The van der Waals surface area contributed by atoms with Gasteiger partial charge in [-0.25, -0.2) is 4.68 Å². The predicted molar refractivity (Wildman–Crippen MR) is 174 cm³/mol. The zero-order chi connectivity index (χ0) is 35.1. The van der Waals surface area contributed by atoms with Gasteiger partial charge in [-0.3, -0.25) is 19.3 Å². The molecule has 1 unspecified atom stereocenters. The molecule has 3 rings (SSSR count). The Balaban J connectivity index is 1.15. The zero-order valence-corrected chi connectivity index (χ0v) is 29.5. The van der Waals surface area contributed by atoms with E-state index in [-0.39, 0.29) is 61.5 Å². The molecule has 0 spiro atoms. The third-order valence-corrected chi connectivity index (χ3v) is 9.94.